The highest BCUT2D eigenvalue weighted by Gasteiger charge is 2.32. The van der Waals surface area contributed by atoms with Crippen molar-refractivity contribution in [2.45, 2.75) is 19.5 Å². The Morgan fingerprint density at radius 2 is 2.00 bits per heavy atom. The molecule has 1 aromatic carbocycles. The predicted molar refractivity (Wildman–Crippen MR) is 69.6 cm³/mol. The van der Waals surface area contributed by atoms with Crippen molar-refractivity contribution in [3.05, 3.63) is 28.0 Å². The SMILES string of the molecule is CCCN(CC(F)(F)F)c1ccc(C(=O)O)c(Br)c1F. The second-order valence-electron chi connectivity index (χ2n) is 4.10. The average molecular weight is 358 g/mol. The molecule has 0 aliphatic rings. The summed E-state index contributed by atoms with van der Waals surface area (Å²) < 4.78 is 51.1. The summed E-state index contributed by atoms with van der Waals surface area (Å²) in [6.07, 6.45) is -4.08. The predicted octanol–water partition coefficient (Wildman–Crippen LogP) is 4.07. The molecule has 0 fully saturated rings. The normalized spacial score (nSPS) is 11.5. The van der Waals surface area contributed by atoms with Crippen LogP contribution in [0.5, 0.6) is 0 Å². The maximum atomic E-state index is 14.1. The number of benzene rings is 1. The van der Waals surface area contributed by atoms with Gasteiger partial charge in [-0.05, 0) is 34.5 Å². The third-order valence-corrected chi connectivity index (χ3v) is 3.27. The summed E-state index contributed by atoms with van der Waals surface area (Å²) in [5.74, 6) is -2.37. The molecule has 112 valence electrons. The summed E-state index contributed by atoms with van der Waals surface area (Å²) in [6, 6.07) is 2.12. The van der Waals surface area contributed by atoms with Gasteiger partial charge in [0.2, 0.25) is 0 Å². The molecule has 0 unspecified atom stereocenters. The molecule has 3 nitrogen and oxygen atoms in total. The summed E-state index contributed by atoms with van der Waals surface area (Å²) in [6.45, 7) is 0.383. The van der Waals surface area contributed by atoms with Crippen molar-refractivity contribution in [2.24, 2.45) is 0 Å². The van der Waals surface area contributed by atoms with Crippen LogP contribution in [-0.4, -0.2) is 30.3 Å². The third-order valence-electron chi connectivity index (χ3n) is 2.50. The van der Waals surface area contributed by atoms with Crippen LogP contribution in [0.25, 0.3) is 0 Å². The fraction of sp³-hybridized carbons (Fsp3) is 0.417. The molecule has 0 bridgehead atoms. The number of carboxylic acids is 1. The van der Waals surface area contributed by atoms with Gasteiger partial charge in [-0.3, -0.25) is 0 Å². The number of rotatable bonds is 5. The van der Waals surface area contributed by atoms with Crippen LogP contribution in [-0.2, 0) is 0 Å². The lowest BCUT2D eigenvalue weighted by Crippen LogP contribution is -2.35. The molecule has 0 heterocycles. The summed E-state index contributed by atoms with van der Waals surface area (Å²) in [5.41, 5.74) is -0.615. The van der Waals surface area contributed by atoms with E-state index in [2.05, 4.69) is 15.9 Å². The van der Waals surface area contributed by atoms with Gasteiger partial charge in [-0.15, -0.1) is 0 Å². The van der Waals surface area contributed by atoms with Crippen LogP contribution in [0.1, 0.15) is 23.7 Å². The molecule has 1 N–H and O–H groups in total. The second kappa shape index (κ2) is 6.43. The van der Waals surface area contributed by atoms with Crippen molar-refractivity contribution in [1.29, 1.82) is 0 Å². The van der Waals surface area contributed by atoms with E-state index in [1.54, 1.807) is 6.92 Å². The standard InChI is InChI=1S/C12H12BrF4NO2/c1-2-5-18(6-12(15,16)17)8-4-3-7(11(19)20)9(13)10(8)14/h3-4H,2,5-6H2,1H3,(H,19,20). The van der Waals surface area contributed by atoms with Gasteiger partial charge < -0.3 is 10.0 Å². The van der Waals surface area contributed by atoms with Gasteiger partial charge in [0.25, 0.3) is 0 Å². The monoisotopic (exact) mass is 357 g/mol. The Balaban J connectivity index is 3.21. The zero-order chi connectivity index (χ0) is 15.5. The highest BCUT2D eigenvalue weighted by molar-refractivity contribution is 9.10. The van der Waals surface area contributed by atoms with Crippen LogP contribution in [0.4, 0.5) is 23.2 Å². The first kappa shape index (κ1) is 16.7. The van der Waals surface area contributed by atoms with Gasteiger partial charge in [0.15, 0.2) is 5.82 Å². The second-order valence-corrected chi connectivity index (χ2v) is 4.90. The van der Waals surface area contributed by atoms with Crippen molar-refractivity contribution >= 4 is 27.6 Å². The van der Waals surface area contributed by atoms with E-state index in [9.17, 15) is 22.4 Å². The number of nitrogens with zero attached hydrogens (tertiary/aromatic N) is 1. The molecule has 0 atom stereocenters. The molecule has 0 aliphatic carbocycles. The Bertz CT molecular complexity index is 505. The molecule has 0 saturated carbocycles. The average Bonchev–Trinajstić information content (AvgIpc) is 2.30. The lowest BCUT2D eigenvalue weighted by atomic mass is 10.1. The highest BCUT2D eigenvalue weighted by Crippen LogP contribution is 2.31. The molecule has 0 amide bonds. The minimum atomic E-state index is -4.47. The van der Waals surface area contributed by atoms with E-state index in [-0.39, 0.29) is 22.3 Å². The minimum absolute atomic E-state index is 0.00921. The fourth-order valence-electron chi connectivity index (χ4n) is 1.72. The Hall–Kier alpha value is -1.31. The Morgan fingerprint density at radius 1 is 1.40 bits per heavy atom. The lowest BCUT2D eigenvalue weighted by molar-refractivity contribution is -0.119. The largest absolute Gasteiger partial charge is 0.478 e. The quantitative estimate of drug-likeness (QED) is 0.807. The Labute approximate surface area is 121 Å². The summed E-state index contributed by atoms with van der Waals surface area (Å²) in [4.78, 5) is 11.7. The number of aromatic carboxylic acids is 1. The van der Waals surface area contributed by atoms with Gasteiger partial charge >= 0.3 is 12.1 Å². The van der Waals surface area contributed by atoms with Crippen molar-refractivity contribution in [2.75, 3.05) is 18.0 Å². The molecule has 20 heavy (non-hydrogen) atoms. The Morgan fingerprint density at radius 3 is 2.45 bits per heavy atom. The third kappa shape index (κ3) is 4.09. The van der Waals surface area contributed by atoms with E-state index in [1.807, 2.05) is 0 Å². The molecular weight excluding hydrogens is 346 g/mol. The zero-order valence-corrected chi connectivity index (χ0v) is 12.1. The zero-order valence-electron chi connectivity index (χ0n) is 10.5. The summed E-state index contributed by atoms with van der Waals surface area (Å²) >= 11 is 2.77. The molecule has 0 spiro atoms. The van der Waals surface area contributed by atoms with E-state index in [4.69, 9.17) is 5.11 Å². The first-order valence-corrected chi connectivity index (χ1v) is 6.49. The number of anilines is 1. The van der Waals surface area contributed by atoms with Crippen molar-refractivity contribution in [3.8, 4) is 0 Å². The number of halogens is 5. The van der Waals surface area contributed by atoms with Crippen LogP contribution in [0.3, 0.4) is 0 Å². The van der Waals surface area contributed by atoms with Gasteiger partial charge in [0.1, 0.15) is 6.54 Å². The van der Waals surface area contributed by atoms with Gasteiger partial charge in [0.05, 0.1) is 15.7 Å². The van der Waals surface area contributed by atoms with E-state index < -0.39 is 24.5 Å². The molecule has 0 aromatic heterocycles. The molecule has 8 heteroatoms. The smallest absolute Gasteiger partial charge is 0.405 e. The van der Waals surface area contributed by atoms with Crippen molar-refractivity contribution in [3.63, 3.8) is 0 Å². The first-order valence-electron chi connectivity index (χ1n) is 5.70. The molecule has 1 rings (SSSR count). The lowest BCUT2D eigenvalue weighted by Gasteiger charge is -2.26. The number of hydrogen-bond donors (Lipinski definition) is 1. The van der Waals surface area contributed by atoms with E-state index in [0.717, 1.165) is 17.0 Å². The van der Waals surface area contributed by atoms with E-state index in [0.29, 0.717) is 6.42 Å². The van der Waals surface area contributed by atoms with E-state index >= 15 is 0 Å². The maximum absolute atomic E-state index is 14.1. The van der Waals surface area contributed by atoms with Gasteiger partial charge in [-0.2, -0.15) is 13.2 Å². The number of carboxylic acid groups (broad SMARTS) is 1. The van der Waals surface area contributed by atoms with Crippen LogP contribution < -0.4 is 4.90 Å². The number of hydrogen-bond acceptors (Lipinski definition) is 2. The van der Waals surface area contributed by atoms with Crippen LogP contribution >= 0.6 is 15.9 Å². The highest BCUT2D eigenvalue weighted by atomic mass is 79.9. The van der Waals surface area contributed by atoms with Crippen molar-refractivity contribution < 1.29 is 27.5 Å². The minimum Gasteiger partial charge on any atom is -0.478 e. The van der Waals surface area contributed by atoms with Gasteiger partial charge in [-0.25, -0.2) is 9.18 Å². The van der Waals surface area contributed by atoms with Gasteiger partial charge in [0, 0.05) is 6.54 Å². The first-order chi connectivity index (χ1) is 9.17. The van der Waals surface area contributed by atoms with Crippen molar-refractivity contribution in [1.82, 2.24) is 0 Å². The molecule has 0 saturated heterocycles. The summed E-state index contributed by atoms with van der Waals surface area (Å²) in [5, 5.41) is 8.82. The van der Waals surface area contributed by atoms with Crippen LogP contribution in [0.2, 0.25) is 0 Å². The number of carbonyl (C=O) groups is 1. The fourth-order valence-corrected chi connectivity index (χ4v) is 2.22. The van der Waals surface area contributed by atoms with E-state index in [1.165, 1.54) is 0 Å². The van der Waals surface area contributed by atoms with Gasteiger partial charge in [-0.1, -0.05) is 6.92 Å². The Kier molecular flexibility index (Phi) is 5.38. The maximum Gasteiger partial charge on any atom is 0.405 e. The van der Waals surface area contributed by atoms with Crippen LogP contribution in [0.15, 0.2) is 16.6 Å². The topological polar surface area (TPSA) is 40.5 Å². The van der Waals surface area contributed by atoms with Crippen LogP contribution in [0, 0.1) is 5.82 Å². The molecule has 0 aliphatic heterocycles. The molecule has 0 radical (unpaired) electrons. The summed E-state index contributed by atoms with van der Waals surface area (Å²) in [7, 11) is 0. The molecular formula is C12H12BrF4NO2. The number of alkyl halides is 3. The molecule has 1 aromatic rings.